The van der Waals surface area contributed by atoms with E-state index in [2.05, 4.69) is 5.32 Å². The van der Waals surface area contributed by atoms with Crippen molar-refractivity contribution in [2.45, 2.75) is 25.8 Å². The highest BCUT2D eigenvalue weighted by Gasteiger charge is 2.17. The lowest BCUT2D eigenvalue weighted by Gasteiger charge is -2.16. The number of amides is 1. The molecule has 0 radical (unpaired) electrons. The molecule has 0 fully saturated rings. The minimum Gasteiger partial charge on any atom is -0.544 e. The highest BCUT2D eigenvalue weighted by Crippen LogP contribution is 2.14. The van der Waals surface area contributed by atoms with Gasteiger partial charge in [-0.05, 0) is 24.6 Å². The summed E-state index contributed by atoms with van der Waals surface area (Å²) in [6.07, 6.45) is 0.703. The second-order valence-electron chi connectivity index (χ2n) is 4.21. The molecular formula is C13H17ClN2O3. The van der Waals surface area contributed by atoms with Crippen molar-refractivity contribution in [3.63, 3.8) is 0 Å². The Bertz CT molecular complexity index is 451. The number of carbonyl (C=O) groups is 2. The quantitative estimate of drug-likeness (QED) is 0.725. The van der Waals surface area contributed by atoms with Crippen LogP contribution in [0.25, 0.3) is 0 Å². The Hall–Kier alpha value is -1.59. The summed E-state index contributed by atoms with van der Waals surface area (Å²) in [6, 6.07) is 5.82. The van der Waals surface area contributed by atoms with Crippen LogP contribution in [0.1, 0.15) is 19.8 Å². The number of quaternary nitrogens is 1. The average molecular weight is 285 g/mol. The molecule has 104 valence electrons. The molecule has 1 amide bonds. The molecule has 0 aliphatic carbocycles. The van der Waals surface area contributed by atoms with Gasteiger partial charge in [-0.2, -0.15) is 0 Å². The molecule has 1 rings (SSSR count). The van der Waals surface area contributed by atoms with E-state index in [9.17, 15) is 14.7 Å². The number of carboxylic acid groups (broad SMARTS) is 1. The first-order valence-corrected chi connectivity index (χ1v) is 6.50. The second kappa shape index (κ2) is 7.76. The smallest absolute Gasteiger partial charge is 0.230 e. The third kappa shape index (κ3) is 5.72. The van der Waals surface area contributed by atoms with E-state index < -0.39 is 12.0 Å². The van der Waals surface area contributed by atoms with Crippen LogP contribution in [-0.4, -0.2) is 24.5 Å². The number of carboxylic acids is 1. The van der Waals surface area contributed by atoms with E-state index in [1.54, 1.807) is 29.6 Å². The van der Waals surface area contributed by atoms with Crippen molar-refractivity contribution in [1.82, 2.24) is 0 Å². The number of hydrogen-bond acceptors (Lipinski definition) is 3. The van der Waals surface area contributed by atoms with Gasteiger partial charge in [0.1, 0.15) is 6.04 Å². The summed E-state index contributed by atoms with van der Waals surface area (Å²) in [5.74, 6) is -1.60. The SMILES string of the molecule is CCC[NH2+][C@H](CC(=O)Nc1cccc(Cl)c1)C(=O)[O-]. The normalized spacial score (nSPS) is 11.9. The van der Waals surface area contributed by atoms with Crippen LogP contribution >= 0.6 is 11.6 Å². The fourth-order valence-electron chi connectivity index (χ4n) is 1.61. The summed E-state index contributed by atoms with van der Waals surface area (Å²) >= 11 is 5.79. The Balaban J connectivity index is 2.55. The lowest BCUT2D eigenvalue weighted by atomic mass is 10.2. The maximum Gasteiger partial charge on any atom is 0.230 e. The van der Waals surface area contributed by atoms with Gasteiger partial charge in [-0.25, -0.2) is 0 Å². The predicted molar refractivity (Wildman–Crippen MR) is 70.6 cm³/mol. The number of nitrogens with two attached hydrogens (primary N) is 1. The Morgan fingerprint density at radius 1 is 1.47 bits per heavy atom. The maximum atomic E-state index is 11.7. The number of benzene rings is 1. The highest BCUT2D eigenvalue weighted by atomic mass is 35.5. The summed E-state index contributed by atoms with van der Waals surface area (Å²) in [5.41, 5.74) is 0.546. The molecule has 3 N–H and O–H groups in total. The number of anilines is 1. The van der Waals surface area contributed by atoms with E-state index in [0.717, 1.165) is 6.42 Å². The van der Waals surface area contributed by atoms with E-state index in [1.165, 1.54) is 0 Å². The van der Waals surface area contributed by atoms with Crippen LogP contribution in [0.4, 0.5) is 5.69 Å². The van der Waals surface area contributed by atoms with Crippen LogP contribution in [0, 0.1) is 0 Å². The number of nitrogens with one attached hydrogen (secondary N) is 1. The molecule has 0 bridgehead atoms. The van der Waals surface area contributed by atoms with Crippen molar-refractivity contribution in [3.8, 4) is 0 Å². The van der Waals surface area contributed by atoms with Crippen molar-refractivity contribution >= 4 is 29.2 Å². The van der Waals surface area contributed by atoms with Crippen molar-refractivity contribution in [2.75, 3.05) is 11.9 Å². The minimum atomic E-state index is -1.23. The van der Waals surface area contributed by atoms with E-state index in [0.29, 0.717) is 17.3 Å². The van der Waals surface area contributed by atoms with Crippen LogP contribution in [0.3, 0.4) is 0 Å². The predicted octanol–water partition coefficient (Wildman–Crippen LogP) is -0.240. The van der Waals surface area contributed by atoms with Gasteiger partial charge in [-0.3, -0.25) is 4.79 Å². The molecule has 0 heterocycles. The van der Waals surface area contributed by atoms with Crippen molar-refractivity contribution in [2.24, 2.45) is 0 Å². The largest absolute Gasteiger partial charge is 0.544 e. The number of carbonyl (C=O) groups excluding carboxylic acids is 2. The average Bonchev–Trinajstić information content (AvgIpc) is 2.34. The fraction of sp³-hybridized carbons (Fsp3) is 0.385. The van der Waals surface area contributed by atoms with Crippen LogP contribution in [0.2, 0.25) is 5.02 Å². The second-order valence-corrected chi connectivity index (χ2v) is 4.65. The summed E-state index contributed by atoms with van der Waals surface area (Å²) < 4.78 is 0. The van der Waals surface area contributed by atoms with Gasteiger partial charge in [0.15, 0.2) is 0 Å². The number of aliphatic carboxylic acids is 1. The van der Waals surface area contributed by atoms with Gasteiger partial charge in [0.2, 0.25) is 5.91 Å². The number of halogens is 1. The van der Waals surface area contributed by atoms with Crippen LogP contribution in [0.5, 0.6) is 0 Å². The molecule has 0 saturated heterocycles. The van der Waals surface area contributed by atoms with Crippen molar-refractivity contribution in [3.05, 3.63) is 29.3 Å². The van der Waals surface area contributed by atoms with E-state index in [4.69, 9.17) is 11.6 Å². The monoisotopic (exact) mass is 284 g/mol. The Kier molecular flexibility index (Phi) is 6.32. The Morgan fingerprint density at radius 2 is 2.21 bits per heavy atom. The zero-order chi connectivity index (χ0) is 14.3. The lowest BCUT2D eigenvalue weighted by Crippen LogP contribution is -2.93. The molecule has 6 heteroatoms. The molecule has 0 saturated carbocycles. The first kappa shape index (κ1) is 15.5. The molecule has 5 nitrogen and oxygen atoms in total. The zero-order valence-electron chi connectivity index (χ0n) is 10.7. The summed E-state index contributed by atoms with van der Waals surface area (Å²) in [7, 11) is 0. The zero-order valence-corrected chi connectivity index (χ0v) is 11.4. The summed E-state index contributed by atoms with van der Waals surface area (Å²) in [6.45, 7) is 2.58. The molecule has 0 aliphatic heterocycles. The van der Waals surface area contributed by atoms with Gasteiger partial charge in [-0.1, -0.05) is 24.6 Å². The molecule has 1 aromatic carbocycles. The van der Waals surface area contributed by atoms with Crippen LogP contribution in [-0.2, 0) is 9.59 Å². The fourth-order valence-corrected chi connectivity index (χ4v) is 1.80. The van der Waals surface area contributed by atoms with E-state index in [-0.39, 0.29) is 12.3 Å². The van der Waals surface area contributed by atoms with E-state index in [1.807, 2.05) is 6.92 Å². The topological polar surface area (TPSA) is 85.8 Å². The lowest BCUT2D eigenvalue weighted by molar-refractivity contribution is -0.682. The molecule has 1 aromatic rings. The molecular weight excluding hydrogens is 268 g/mol. The summed E-state index contributed by atoms with van der Waals surface area (Å²) in [5, 5.41) is 15.6. The third-order valence-corrected chi connectivity index (χ3v) is 2.79. The Morgan fingerprint density at radius 3 is 2.79 bits per heavy atom. The number of rotatable bonds is 7. The van der Waals surface area contributed by atoms with Gasteiger partial charge in [0, 0.05) is 10.7 Å². The molecule has 1 atom stereocenters. The molecule has 0 aromatic heterocycles. The maximum absolute atomic E-state index is 11.7. The summed E-state index contributed by atoms with van der Waals surface area (Å²) in [4.78, 5) is 22.6. The van der Waals surface area contributed by atoms with Crippen molar-refractivity contribution in [1.29, 1.82) is 0 Å². The standard InChI is InChI=1S/C13H17ClN2O3/c1-2-6-15-11(13(18)19)8-12(17)16-10-5-3-4-9(14)7-10/h3-5,7,11,15H,2,6,8H2,1H3,(H,16,17)(H,18,19)/t11-/m1/s1. The molecule has 0 aliphatic rings. The van der Waals surface area contributed by atoms with Gasteiger partial charge >= 0.3 is 0 Å². The first-order valence-electron chi connectivity index (χ1n) is 6.12. The third-order valence-electron chi connectivity index (χ3n) is 2.56. The van der Waals surface area contributed by atoms with Crippen molar-refractivity contribution < 1.29 is 20.0 Å². The highest BCUT2D eigenvalue weighted by molar-refractivity contribution is 6.30. The number of hydrogen-bond donors (Lipinski definition) is 2. The van der Waals surface area contributed by atoms with Gasteiger partial charge < -0.3 is 20.5 Å². The molecule has 0 unspecified atom stereocenters. The van der Waals surface area contributed by atoms with Gasteiger partial charge in [0.25, 0.3) is 0 Å². The first-order chi connectivity index (χ1) is 9.02. The Labute approximate surface area is 117 Å². The van der Waals surface area contributed by atoms with E-state index >= 15 is 0 Å². The van der Waals surface area contributed by atoms with Crippen LogP contribution < -0.4 is 15.7 Å². The molecule has 0 spiro atoms. The molecule has 19 heavy (non-hydrogen) atoms. The minimum absolute atomic E-state index is 0.130. The van der Waals surface area contributed by atoms with Gasteiger partial charge in [-0.15, -0.1) is 0 Å². The van der Waals surface area contributed by atoms with Gasteiger partial charge in [0.05, 0.1) is 18.9 Å². The van der Waals surface area contributed by atoms with Crippen LogP contribution in [0.15, 0.2) is 24.3 Å².